The number of anilines is 1. The van der Waals surface area contributed by atoms with Crippen molar-refractivity contribution in [3.63, 3.8) is 0 Å². The van der Waals surface area contributed by atoms with E-state index in [0.717, 1.165) is 6.07 Å². The maximum absolute atomic E-state index is 13.2. The van der Waals surface area contributed by atoms with Gasteiger partial charge in [0.05, 0.1) is 15.9 Å². The molecule has 17 heavy (non-hydrogen) atoms. The lowest BCUT2D eigenvalue weighted by Gasteiger charge is -2.08. The largest absolute Gasteiger partial charge is 0.330 e. The van der Waals surface area contributed by atoms with Crippen LogP contribution in [0.15, 0.2) is 22.7 Å². The molecule has 7 heteroatoms. The number of unbranched alkanes of at least 4 members (excludes halogenated alkanes) is 1. The van der Waals surface area contributed by atoms with E-state index >= 15 is 0 Å². The molecule has 0 saturated heterocycles. The molecule has 0 radical (unpaired) electrons. The maximum atomic E-state index is 13.2. The van der Waals surface area contributed by atoms with Crippen molar-refractivity contribution in [2.24, 2.45) is 5.73 Å². The van der Waals surface area contributed by atoms with Gasteiger partial charge in [-0.25, -0.2) is 12.8 Å². The third-order valence-corrected chi connectivity index (χ3v) is 4.08. The summed E-state index contributed by atoms with van der Waals surface area (Å²) >= 11 is 2.99. The Balaban J connectivity index is 2.66. The van der Waals surface area contributed by atoms with Gasteiger partial charge in [0, 0.05) is 0 Å². The molecule has 0 heterocycles. The van der Waals surface area contributed by atoms with Crippen molar-refractivity contribution in [3.05, 3.63) is 28.5 Å². The molecular weight excluding hydrogens is 311 g/mol. The van der Waals surface area contributed by atoms with Crippen LogP contribution in [0, 0.1) is 5.82 Å². The Labute approximate surface area is 109 Å². The zero-order valence-corrected chi connectivity index (χ0v) is 11.5. The van der Waals surface area contributed by atoms with Gasteiger partial charge < -0.3 is 5.73 Å². The summed E-state index contributed by atoms with van der Waals surface area (Å²) in [5.74, 6) is -0.519. The maximum Gasteiger partial charge on any atom is 0.232 e. The summed E-state index contributed by atoms with van der Waals surface area (Å²) in [6, 6.07) is 4.07. The lowest BCUT2D eigenvalue weighted by molar-refractivity contribution is 0.597. The highest BCUT2D eigenvalue weighted by Gasteiger charge is 2.10. The summed E-state index contributed by atoms with van der Waals surface area (Å²) in [5.41, 5.74) is 5.50. The summed E-state index contributed by atoms with van der Waals surface area (Å²) in [7, 11) is -3.42. The van der Waals surface area contributed by atoms with E-state index in [1.54, 1.807) is 0 Å². The number of rotatable bonds is 6. The van der Waals surface area contributed by atoms with Crippen LogP contribution in [0.1, 0.15) is 12.8 Å². The summed E-state index contributed by atoms with van der Waals surface area (Å²) in [6.07, 6.45) is 1.14. The van der Waals surface area contributed by atoms with Gasteiger partial charge in [0.1, 0.15) is 5.82 Å². The molecule has 0 amide bonds. The topological polar surface area (TPSA) is 72.2 Å². The lowest BCUT2D eigenvalue weighted by atomic mass is 10.3. The third-order valence-electron chi connectivity index (χ3n) is 2.06. The normalized spacial score (nSPS) is 11.5. The van der Waals surface area contributed by atoms with E-state index < -0.39 is 15.8 Å². The number of halogens is 2. The Morgan fingerprint density at radius 1 is 1.35 bits per heavy atom. The van der Waals surface area contributed by atoms with Gasteiger partial charge in [-0.1, -0.05) is 0 Å². The first kappa shape index (κ1) is 14.4. The van der Waals surface area contributed by atoms with Crippen molar-refractivity contribution < 1.29 is 12.8 Å². The SMILES string of the molecule is NCCCCS(=O)(=O)Nc1ccc(Br)c(F)c1. The summed E-state index contributed by atoms with van der Waals surface area (Å²) in [5, 5.41) is 0. The van der Waals surface area contributed by atoms with Crippen molar-refractivity contribution in [1.29, 1.82) is 0 Å². The highest BCUT2D eigenvalue weighted by Crippen LogP contribution is 2.20. The summed E-state index contributed by atoms with van der Waals surface area (Å²) < 4.78 is 38.9. The van der Waals surface area contributed by atoms with Gasteiger partial charge in [0.2, 0.25) is 10.0 Å². The first-order valence-corrected chi connectivity index (χ1v) is 7.55. The van der Waals surface area contributed by atoms with E-state index in [2.05, 4.69) is 20.7 Å². The molecule has 0 saturated carbocycles. The first-order chi connectivity index (χ1) is 7.94. The van der Waals surface area contributed by atoms with Gasteiger partial charge >= 0.3 is 0 Å². The second kappa shape index (κ2) is 6.32. The Morgan fingerprint density at radius 2 is 2.06 bits per heavy atom. The molecule has 3 N–H and O–H groups in total. The quantitative estimate of drug-likeness (QED) is 0.787. The van der Waals surface area contributed by atoms with Crippen LogP contribution in [0.4, 0.5) is 10.1 Å². The van der Waals surface area contributed by atoms with E-state index in [-0.39, 0.29) is 11.4 Å². The number of hydrogen-bond acceptors (Lipinski definition) is 3. The van der Waals surface area contributed by atoms with Gasteiger partial charge in [-0.05, 0) is 53.5 Å². The van der Waals surface area contributed by atoms with Gasteiger partial charge in [-0.3, -0.25) is 4.72 Å². The second-order valence-electron chi connectivity index (χ2n) is 3.55. The van der Waals surface area contributed by atoms with E-state index in [0.29, 0.717) is 23.9 Å². The van der Waals surface area contributed by atoms with Crippen LogP contribution < -0.4 is 10.5 Å². The van der Waals surface area contributed by atoms with Gasteiger partial charge in [0.25, 0.3) is 0 Å². The summed E-state index contributed by atoms with van der Waals surface area (Å²) in [6.45, 7) is 0.461. The highest BCUT2D eigenvalue weighted by atomic mass is 79.9. The second-order valence-corrected chi connectivity index (χ2v) is 6.24. The van der Waals surface area contributed by atoms with Crippen LogP contribution in [0.2, 0.25) is 0 Å². The molecule has 0 spiro atoms. The zero-order chi connectivity index (χ0) is 12.9. The molecule has 1 rings (SSSR count). The standard InChI is InChI=1S/C10H14BrFN2O2S/c11-9-4-3-8(7-10(9)12)14-17(15,16)6-2-1-5-13/h3-4,7,14H,1-2,5-6,13H2. The van der Waals surface area contributed by atoms with Crippen molar-refractivity contribution in [3.8, 4) is 0 Å². The number of nitrogens with two attached hydrogens (primary N) is 1. The number of hydrogen-bond donors (Lipinski definition) is 2. The number of nitrogens with one attached hydrogen (secondary N) is 1. The molecule has 1 aromatic carbocycles. The van der Waals surface area contributed by atoms with Crippen LogP contribution in [0.3, 0.4) is 0 Å². The van der Waals surface area contributed by atoms with Crippen molar-refractivity contribution in [2.45, 2.75) is 12.8 Å². The minimum Gasteiger partial charge on any atom is -0.330 e. The van der Waals surface area contributed by atoms with E-state index in [1.165, 1.54) is 12.1 Å². The molecule has 0 aliphatic rings. The molecule has 1 aromatic rings. The van der Waals surface area contributed by atoms with Gasteiger partial charge in [0.15, 0.2) is 0 Å². The molecule has 96 valence electrons. The number of sulfonamides is 1. The van der Waals surface area contributed by atoms with Crippen LogP contribution in [-0.2, 0) is 10.0 Å². The minimum absolute atomic E-state index is 0.0120. The first-order valence-electron chi connectivity index (χ1n) is 5.10. The molecule has 0 aliphatic heterocycles. The predicted molar refractivity (Wildman–Crippen MR) is 69.8 cm³/mol. The molecule has 0 unspecified atom stereocenters. The van der Waals surface area contributed by atoms with Crippen molar-refractivity contribution >= 4 is 31.6 Å². The fourth-order valence-electron chi connectivity index (χ4n) is 1.23. The van der Waals surface area contributed by atoms with E-state index in [4.69, 9.17) is 5.73 Å². The van der Waals surface area contributed by atoms with Crippen molar-refractivity contribution in [2.75, 3.05) is 17.0 Å². The Morgan fingerprint density at radius 3 is 2.65 bits per heavy atom. The fraction of sp³-hybridized carbons (Fsp3) is 0.400. The molecular formula is C10H14BrFN2O2S. The molecule has 0 atom stereocenters. The zero-order valence-electron chi connectivity index (χ0n) is 9.12. The Bertz CT molecular complexity index is 479. The lowest BCUT2D eigenvalue weighted by Crippen LogP contribution is -2.17. The molecule has 0 aromatic heterocycles. The third kappa shape index (κ3) is 5.01. The monoisotopic (exact) mass is 324 g/mol. The van der Waals surface area contributed by atoms with E-state index in [9.17, 15) is 12.8 Å². The van der Waals surface area contributed by atoms with Crippen LogP contribution in [0.5, 0.6) is 0 Å². The van der Waals surface area contributed by atoms with Crippen LogP contribution in [0.25, 0.3) is 0 Å². The predicted octanol–water partition coefficient (Wildman–Crippen LogP) is 2.07. The average Bonchev–Trinajstić information content (AvgIpc) is 2.23. The molecule has 0 aliphatic carbocycles. The minimum atomic E-state index is -3.42. The Kier molecular flexibility index (Phi) is 5.35. The van der Waals surface area contributed by atoms with Crippen molar-refractivity contribution in [1.82, 2.24) is 0 Å². The average molecular weight is 325 g/mol. The number of benzene rings is 1. The fourth-order valence-corrected chi connectivity index (χ4v) is 2.65. The smallest absolute Gasteiger partial charge is 0.232 e. The van der Waals surface area contributed by atoms with Crippen LogP contribution in [-0.4, -0.2) is 20.7 Å². The molecule has 4 nitrogen and oxygen atoms in total. The molecule has 0 fully saturated rings. The van der Waals surface area contributed by atoms with Crippen LogP contribution >= 0.6 is 15.9 Å². The van der Waals surface area contributed by atoms with Gasteiger partial charge in [-0.15, -0.1) is 0 Å². The summed E-state index contributed by atoms with van der Waals surface area (Å²) in [4.78, 5) is 0. The van der Waals surface area contributed by atoms with E-state index in [1.807, 2.05) is 0 Å². The molecule has 0 bridgehead atoms. The van der Waals surface area contributed by atoms with Gasteiger partial charge in [-0.2, -0.15) is 0 Å². The highest BCUT2D eigenvalue weighted by molar-refractivity contribution is 9.10. The Hall–Kier alpha value is -0.660.